The second-order valence-corrected chi connectivity index (χ2v) is 11.1. The van der Waals surface area contributed by atoms with E-state index in [1.54, 1.807) is 6.07 Å². The van der Waals surface area contributed by atoms with E-state index in [0.717, 1.165) is 44.4 Å². The number of para-hydroxylation sites is 1. The normalized spacial score (nSPS) is 16.4. The molecular formula is C31H37N3O2. The number of aromatic carboxylic acids is 1. The average Bonchev–Trinajstić information content (AvgIpc) is 3.38. The molecule has 2 aliphatic rings. The van der Waals surface area contributed by atoms with Crippen molar-refractivity contribution in [3.05, 3.63) is 59.3 Å². The SMILES string of the molecule is CN(C)CCCc1cn2c3c(cccc13)-c1c(C3CCCCC3)c3ccc(C(=O)O)cc3n1CCC2. The van der Waals surface area contributed by atoms with Gasteiger partial charge >= 0.3 is 5.97 Å². The number of aromatic nitrogens is 2. The zero-order valence-corrected chi connectivity index (χ0v) is 21.6. The molecule has 188 valence electrons. The molecule has 1 saturated carbocycles. The largest absolute Gasteiger partial charge is 0.478 e. The maximum Gasteiger partial charge on any atom is 0.335 e. The molecule has 1 aliphatic heterocycles. The number of hydrogen-bond donors (Lipinski definition) is 1. The van der Waals surface area contributed by atoms with Crippen molar-refractivity contribution in [2.24, 2.45) is 0 Å². The molecule has 0 unspecified atom stereocenters. The molecule has 1 fully saturated rings. The Labute approximate surface area is 213 Å². The number of fused-ring (bicyclic) bond motifs is 4. The molecule has 3 heterocycles. The van der Waals surface area contributed by atoms with Crippen LogP contribution in [-0.4, -0.2) is 45.8 Å². The predicted octanol–water partition coefficient (Wildman–Crippen LogP) is 6.91. The molecule has 1 aliphatic carbocycles. The number of nitrogens with zero attached hydrogens (tertiary/aromatic N) is 3. The monoisotopic (exact) mass is 483 g/mol. The van der Waals surface area contributed by atoms with Crippen molar-refractivity contribution in [3.63, 3.8) is 0 Å². The number of carboxylic acid groups (broad SMARTS) is 1. The van der Waals surface area contributed by atoms with Gasteiger partial charge in [-0.15, -0.1) is 0 Å². The van der Waals surface area contributed by atoms with Crippen molar-refractivity contribution in [2.45, 2.75) is 70.4 Å². The molecule has 0 atom stereocenters. The summed E-state index contributed by atoms with van der Waals surface area (Å²) in [4.78, 5) is 14.1. The van der Waals surface area contributed by atoms with Crippen LogP contribution >= 0.6 is 0 Å². The molecular weight excluding hydrogens is 446 g/mol. The van der Waals surface area contributed by atoms with Crippen molar-refractivity contribution in [2.75, 3.05) is 20.6 Å². The smallest absolute Gasteiger partial charge is 0.335 e. The molecule has 5 heteroatoms. The van der Waals surface area contributed by atoms with Gasteiger partial charge in [-0.3, -0.25) is 0 Å². The van der Waals surface area contributed by atoms with E-state index in [9.17, 15) is 9.90 Å². The second-order valence-electron chi connectivity index (χ2n) is 11.1. The van der Waals surface area contributed by atoms with Gasteiger partial charge in [0.1, 0.15) is 0 Å². The summed E-state index contributed by atoms with van der Waals surface area (Å²) < 4.78 is 4.97. The maximum atomic E-state index is 11.9. The van der Waals surface area contributed by atoms with Gasteiger partial charge in [0.15, 0.2) is 0 Å². The van der Waals surface area contributed by atoms with Gasteiger partial charge in [-0.1, -0.05) is 43.5 Å². The lowest BCUT2D eigenvalue weighted by Crippen LogP contribution is -2.13. The van der Waals surface area contributed by atoms with Gasteiger partial charge in [0, 0.05) is 41.1 Å². The summed E-state index contributed by atoms with van der Waals surface area (Å²) in [6.45, 7) is 2.99. The van der Waals surface area contributed by atoms with E-state index in [-0.39, 0.29) is 0 Å². The summed E-state index contributed by atoms with van der Waals surface area (Å²) in [5.41, 5.74) is 8.39. The Kier molecular flexibility index (Phi) is 6.12. The molecule has 0 bridgehead atoms. The fourth-order valence-electron chi connectivity index (χ4n) is 6.82. The minimum Gasteiger partial charge on any atom is -0.478 e. The zero-order valence-electron chi connectivity index (χ0n) is 21.6. The van der Waals surface area contributed by atoms with Gasteiger partial charge in [0.05, 0.1) is 16.8 Å². The van der Waals surface area contributed by atoms with Crippen molar-refractivity contribution in [1.29, 1.82) is 0 Å². The summed E-state index contributed by atoms with van der Waals surface area (Å²) in [6.07, 6.45) is 12.0. The first-order valence-electron chi connectivity index (χ1n) is 13.7. The van der Waals surface area contributed by atoms with Gasteiger partial charge in [0.25, 0.3) is 0 Å². The summed E-state index contributed by atoms with van der Waals surface area (Å²) in [5, 5.41) is 12.4. The third kappa shape index (κ3) is 3.94. The minimum atomic E-state index is -0.851. The van der Waals surface area contributed by atoms with Crippen LogP contribution in [0.25, 0.3) is 33.1 Å². The number of aryl methyl sites for hydroxylation is 3. The summed E-state index contributed by atoms with van der Waals surface area (Å²) in [5.74, 6) is -0.318. The van der Waals surface area contributed by atoms with E-state index in [2.05, 4.69) is 58.6 Å². The average molecular weight is 484 g/mol. The van der Waals surface area contributed by atoms with E-state index in [4.69, 9.17) is 0 Å². The Morgan fingerprint density at radius 3 is 2.64 bits per heavy atom. The Hall–Kier alpha value is -3.05. The second kappa shape index (κ2) is 9.44. The first-order valence-corrected chi connectivity index (χ1v) is 13.7. The number of hydrogen-bond acceptors (Lipinski definition) is 2. The van der Waals surface area contributed by atoms with Crippen molar-refractivity contribution >= 4 is 27.8 Å². The Bertz CT molecular complexity index is 1440. The molecule has 2 aromatic carbocycles. The maximum absolute atomic E-state index is 11.9. The van der Waals surface area contributed by atoms with Gasteiger partial charge in [-0.2, -0.15) is 0 Å². The number of carbonyl (C=O) groups is 1. The van der Waals surface area contributed by atoms with Crippen LogP contribution in [-0.2, 0) is 19.5 Å². The Balaban J connectivity index is 1.60. The van der Waals surface area contributed by atoms with Crippen LogP contribution in [0, 0.1) is 0 Å². The number of benzene rings is 2. The minimum absolute atomic E-state index is 0.379. The molecule has 36 heavy (non-hydrogen) atoms. The van der Waals surface area contributed by atoms with Crippen molar-refractivity contribution in [1.82, 2.24) is 14.0 Å². The molecule has 1 N–H and O–H groups in total. The van der Waals surface area contributed by atoms with Crippen molar-refractivity contribution in [3.8, 4) is 11.3 Å². The molecule has 0 amide bonds. The highest BCUT2D eigenvalue weighted by molar-refractivity contribution is 6.03. The molecule has 6 rings (SSSR count). The summed E-state index contributed by atoms with van der Waals surface area (Å²) in [6, 6.07) is 12.7. The van der Waals surface area contributed by atoms with Crippen LogP contribution in [0.3, 0.4) is 0 Å². The van der Waals surface area contributed by atoms with Gasteiger partial charge in [-0.25, -0.2) is 4.79 Å². The van der Waals surface area contributed by atoms with Crippen LogP contribution in [0.4, 0.5) is 0 Å². The fourth-order valence-corrected chi connectivity index (χ4v) is 6.82. The molecule has 2 aromatic heterocycles. The quantitative estimate of drug-likeness (QED) is 0.324. The van der Waals surface area contributed by atoms with Gasteiger partial charge in [0.2, 0.25) is 0 Å². The van der Waals surface area contributed by atoms with Crippen LogP contribution < -0.4 is 0 Å². The van der Waals surface area contributed by atoms with E-state index in [0.29, 0.717) is 11.5 Å². The van der Waals surface area contributed by atoms with Crippen LogP contribution in [0.1, 0.15) is 72.3 Å². The van der Waals surface area contributed by atoms with Crippen LogP contribution in [0.5, 0.6) is 0 Å². The first-order chi connectivity index (χ1) is 17.5. The predicted molar refractivity (Wildman–Crippen MR) is 147 cm³/mol. The molecule has 0 radical (unpaired) electrons. The van der Waals surface area contributed by atoms with E-state index in [1.165, 1.54) is 70.8 Å². The standard InChI is InChI=1S/C31H37N3O2/c1-32(2)16-7-11-23-20-33-17-8-18-34-27-19-22(31(35)36)14-15-25(27)28(21-9-4-3-5-10-21)30(34)26-13-6-12-24(23)29(26)33/h6,12-15,19-21H,3-5,7-11,16-18H2,1-2H3,(H,35,36). The topological polar surface area (TPSA) is 50.4 Å². The van der Waals surface area contributed by atoms with Crippen molar-refractivity contribution < 1.29 is 9.90 Å². The van der Waals surface area contributed by atoms with E-state index >= 15 is 0 Å². The highest BCUT2D eigenvalue weighted by Gasteiger charge is 2.29. The Morgan fingerprint density at radius 1 is 1.03 bits per heavy atom. The zero-order chi connectivity index (χ0) is 24.8. The van der Waals surface area contributed by atoms with Crippen LogP contribution in [0.2, 0.25) is 0 Å². The lowest BCUT2D eigenvalue weighted by molar-refractivity contribution is 0.0697. The molecule has 5 nitrogen and oxygen atoms in total. The number of rotatable bonds is 6. The third-order valence-electron chi connectivity index (χ3n) is 8.43. The molecule has 0 saturated heterocycles. The van der Waals surface area contributed by atoms with Gasteiger partial charge in [-0.05, 0) is 81.9 Å². The highest BCUT2D eigenvalue weighted by Crippen LogP contribution is 2.47. The third-order valence-corrected chi connectivity index (χ3v) is 8.43. The van der Waals surface area contributed by atoms with E-state index in [1.807, 2.05) is 6.07 Å². The lowest BCUT2D eigenvalue weighted by Gasteiger charge is -2.25. The Morgan fingerprint density at radius 2 is 1.86 bits per heavy atom. The summed E-state index contributed by atoms with van der Waals surface area (Å²) >= 11 is 0. The highest BCUT2D eigenvalue weighted by atomic mass is 16.4. The van der Waals surface area contributed by atoms with E-state index < -0.39 is 5.97 Å². The lowest BCUT2D eigenvalue weighted by atomic mass is 9.81. The first kappa shape index (κ1) is 23.4. The fraction of sp³-hybridized carbons (Fsp3) is 0.452. The number of carboxylic acids is 1. The van der Waals surface area contributed by atoms with Gasteiger partial charge < -0.3 is 19.1 Å². The molecule has 0 spiro atoms. The molecule has 4 aromatic rings. The summed E-state index contributed by atoms with van der Waals surface area (Å²) in [7, 11) is 4.29. The van der Waals surface area contributed by atoms with Crippen LogP contribution in [0.15, 0.2) is 42.6 Å².